The smallest absolute Gasteiger partial charge is 0.191 e. The molecule has 8 heteroatoms. The van der Waals surface area contributed by atoms with E-state index in [0.717, 1.165) is 21.6 Å². The summed E-state index contributed by atoms with van der Waals surface area (Å²) in [4.78, 5) is 5.17. The van der Waals surface area contributed by atoms with Gasteiger partial charge in [-0.25, -0.2) is 4.68 Å². The second-order valence-electron chi connectivity index (χ2n) is 6.60. The van der Waals surface area contributed by atoms with Gasteiger partial charge in [0.2, 0.25) is 0 Å². The van der Waals surface area contributed by atoms with Crippen molar-refractivity contribution in [1.29, 1.82) is 0 Å². The van der Waals surface area contributed by atoms with Crippen LogP contribution < -0.4 is 10.6 Å². The number of benzene rings is 2. The predicted octanol–water partition coefficient (Wildman–Crippen LogP) is 4.10. The lowest BCUT2D eigenvalue weighted by atomic mass is 10.2. The SMILES string of the molecule is CN=C(NCc1ccn(-c2ccccc2)n1)NCC(O)c1cc2ccccc2s1.I. The molecule has 0 saturated heterocycles. The lowest BCUT2D eigenvalue weighted by molar-refractivity contribution is 0.184. The topological polar surface area (TPSA) is 74.5 Å². The highest BCUT2D eigenvalue weighted by molar-refractivity contribution is 14.0. The van der Waals surface area contributed by atoms with Crippen LogP contribution in [-0.2, 0) is 6.54 Å². The van der Waals surface area contributed by atoms with Crippen LogP contribution in [0, 0.1) is 0 Å². The molecular weight excluding hydrogens is 509 g/mol. The average molecular weight is 533 g/mol. The van der Waals surface area contributed by atoms with Gasteiger partial charge in [-0.2, -0.15) is 5.10 Å². The zero-order chi connectivity index (χ0) is 20.1. The fourth-order valence-corrected chi connectivity index (χ4v) is 4.09. The number of fused-ring (bicyclic) bond motifs is 1. The number of aliphatic hydroxyl groups is 1. The van der Waals surface area contributed by atoms with Crippen LogP contribution in [0.5, 0.6) is 0 Å². The van der Waals surface area contributed by atoms with Crippen LogP contribution in [0.15, 0.2) is 77.9 Å². The number of guanidine groups is 1. The summed E-state index contributed by atoms with van der Waals surface area (Å²) >= 11 is 1.61. The van der Waals surface area contributed by atoms with Crippen LogP contribution in [0.4, 0.5) is 0 Å². The molecule has 0 aliphatic heterocycles. The normalized spacial score (nSPS) is 12.4. The first-order valence-corrected chi connectivity index (χ1v) is 10.3. The van der Waals surface area contributed by atoms with Crippen LogP contribution in [0.3, 0.4) is 0 Å². The van der Waals surface area contributed by atoms with Crippen LogP contribution in [0.2, 0.25) is 0 Å². The number of aliphatic hydroxyl groups excluding tert-OH is 1. The summed E-state index contributed by atoms with van der Waals surface area (Å²) in [5.74, 6) is 0.624. The largest absolute Gasteiger partial charge is 0.386 e. The Bertz CT molecular complexity index is 1080. The average Bonchev–Trinajstić information content (AvgIpc) is 3.41. The van der Waals surface area contributed by atoms with Crippen molar-refractivity contribution in [2.75, 3.05) is 13.6 Å². The van der Waals surface area contributed by atoms with Gasteiger partial charge < -0.3 is 15.7 Å². The maximum atomic E-state index is 10.5. The molecule has 3 N–H and O–H groups in total. The van der Waals surface area contributed by atoms with E-state index < -0.39 is 6.10 Å². The zero-order valence-corrected chi connectivity index (χ0v) is 19.7. The number of hydrogen-bond acceptors (Lipinski definition) is 4. The van der Waals surface area contributed by atoms with E-state index in [4.69, 9.17) is 0 Å². The minimum Gasteiger partial charge on any atom is -0.386 e. The van der Waals surface area contributed by atoms with Crippen molar-refractivity contribution in [2.24, 2.45) is 4.99 Å². The Kier molecular flexibility index (Phi) is 7.83. The molecule has 1 unspecified atom stereocenters. The molecule has 4 aromatic rings. The van der Waals surface area contributed by atoms with Gasteiger partial charge in [0.1, 0.15) is 6.10 Å². The summed E-state index contributed by atoms with van der Waals surface area (Å²) in [7, 11) is 1.71. The highest BCUT2D eigenvalue weighted by Gasteiger charge is 2.12. The van der Waals surface area contributed by atoms with Gasteiger partial charge in [-0.05, 0) is 35.7 Å². The molecule has 1 atom stereocenters. The van der Waals surface area contributed by atoms with Gasteiger partial charge in [0.05, 0.1) is 17.9 Å². The standard InChI is InChI=1S/C22H23N5OS.HI/c1-23-22(24-14-17-11-12-27(26-17)18-8-3-2-4-9-18)25-15-19(28)21-13-16-7-5-6-10-20(16)29-21;/h2-13,19,28H,14-15H2,1H3,(H2,23,24,25);1H. The van der Waals surface area contributed by atoms with Crippen molar-refractivity contribution in [3.63, 3.8) is 0 Å². The molecule has 0 aliphatic rings. The molecule has 2 aromatic carbocycles. The first-order valence-electron chi connectivity index (χ1n) is 9.44. The molecule has 2 aromatic heterocycles. The number of hydrogen-bond donors (Lipinski definition) is 3. The number of halogens is 1. The predicted molar refractivity (Wildman–Crippen MR) is 134 cm³/mol. The third-order valence-corrected chi connectivity index (χ3v) is 5.78. The monoisotopic (exact) mass is 533 g/mol. The number of rotatable bonds is 6. The summed E-state index contributed by atoms with van der Waals surface area (Å²) in [5.41, 5.74) is 1.93. The van der Waals surface area contributed by atoms with Crippen molar-refractivity contribution in [3.8, 4) is 5.69 Å². The number of para-hydroxylation sites is 1. The minimum absolute atomic E-state index is 0. The fraction of sp³-hybridized carbons (Fsp3) is 0.182. The second kappa shape index (κ2) is 10.6. The van der Waals surface area contributed by atoms with Gasteiger partial charge in [-0.15, -0.1) is 35.3 Å². The van der Waals surface area contributed by atoms with E-state index in [1.165, 1.54) is 4.70 Å². The first kappa shape index (κ1) is 22.3. The van der Waals surface area contributed by atoms with Crippen molar-refractivity contribution < 1.29 is 5.11 Å². The summed E-state index contributed by atoms with van der Waals surface area (Å²) in [6.45, 7) is 0.920. The molecule has 0 fully saturated rings. The van der Waals surface area contributed by atoms with Crippen molar-refractivity contribution >= 4 is 51.4 Å². The molecule has 30 heavy (non-hydrogen) atoms. The van der Waals surface area contributed by atoms with Crippen molar-refractivity contribution in [2.45, 2.75) is 12.6 Å². The van der Waals surface area contributed by atoms with E-state index in [-0.39, 0.29) is 24.0 Å². The molecule has 0 radical (unpaired) electrons. The van der Waals surface area contributed by atoms with Gasteiger partial charge >= 0.3 is 0 Å². The Morgan fingerprint density at radius 1 is 1.10 bits per heavy atom. The van der Waals surface area contributed by atoms with E-state index in [1.807, 2.05) is 65.5 Å². The molecule has 2 heterocycles. The van der Waals surface area contributed by atoms with Gasteiger partial charge in [0, 0.05) is 29.4 Å². The molecular formula is C22H24IN5OS. The van der Waals surface area contributed by atoms with Crippen LogP contribution in [-0.4, -0.2) is 34.4 Å². The van der Waals surface area contributed by atoms with Crippen LogP contribution in [0.1, 0.15) is 16.7 Å². The summed E-state index contributed by atoms with van der Waals surface area (Å²) in [6, 6.07) is 22.2. The molecule has 0 bridgehead atoms. The Balaban J connectivity index is 0.00000256. The number of aromatic nitrogens is 2. The Labute approximate surface area is 196 Å². The van der Waals surface area contributed by atoms with E-state index in [9.17, 15) is 5.11 Å². The Hall–Kier alpha value is -2.43. The fourth-order valence-electron chi connectivity index (χ4n) is 3.04. The first-order chi connectivity index (χ1) is 14.2. The lowest BCUT2D eigenvalue weighted by Gasteiger charge is -2.14. The molecule has 0 spiro atoms. The summed E-state index contributed by atoms with van der Waals surface area (Å²) in [5, 5.41) is 22.7. The summed E-state index contributed by atoms with van der Waals surface area (Å²) < 4.78 is 3.02. The van der Waals surface area contributed by atoms with E-state index in [2.05, 4.69) is 32.9 Å². The van der Waals surface area contributed by atoms with Crippen LogP contribution in [0.25, 0.3) is 15.8 Å². The number of nitrogens with zero attached hydrogens (tertiary/aromatic N) is 3. The van der Waals surface area contributed by atoms with Gasteiger partial charge in [-0.3, -0.25) is 4.99 Å². The number of nitrogens with one attached hydrogen (secondary N) is 2. The maximum Gasteiger partial charge on any atom is 0.191 e. The summed E-state index contributed by atoms with van der Waals surface area (Å²) in [6.07, 6.45) is 1.34. The van der Waals surface area contributed by atoms with Crippen molar-refractivity contribution in [1.82, 2.24) is 20.4 Å². The Morgan fingerprint density at radius 2 is 1.87 bits per heavy atom. The highest BCUT2D eigenvalue weighted by atomic mass is 127. The third-order valence-electron chi connectivity index (χ3n) is 4.56. The highest BCUT2D eigenvalue weighted by Crippen LogP contribution is 2.29. The molecule has 6 nitrogen and oxygen atoms in total. The maximum absolute atomic E-state index is 10.5. The second-order valence-corrected chi connectivity index (χ2v) is 7.71. The van der Waals surface area contributed by atoms with E-state index in [1.54, 1.807) is 18.4 Å². The number of aliphatic imine (C=N–C) groups is 1. The van der Waals surface area contributed by atoms with Crippen molar-refractivity contribution in [3.05, 3.63) is 83.5 Å². The number of thiophene rings is 1. The third kappa shape index (κ3) is 5.38. The molecule has 4 rings (SSSR count). The minimum atomic E-state index is -0.594. The molecule has 0 saturated carbocycles. The Morgan fingerprint density at radius 3 is 2.63 bits per heavy atom. The molecule has 0 aliphatic carbocycles. The molecule has 156 valence electrons. The molecule has 0 amide bonds. The van der Waals surface area contributed by atoms with Gasteiger partial charge in [-0.1, -0.05) is 36.4 Å². The van der Waals surface area contributed by atoms with Crippen LogP contribution >= 0.6 is 35.3 Å². The van der Waals surface area contributed by atoms with E-state index in [0.29, 0.717) is 19.0 Å². The van der Waals surface area contributed by atoms with E-state index >= 15 is 0 Å². The quantitative estimate of drug-likeness (QED) is 0.198. The zero-order valence-electron chi connectivity index (χ0n) is 16.5. The van der Waals surface area contributed by atoms with Gasteiger partial charge in [0.25, 0.3) is 0 Å². The lowest BCUT2D eigenvalue weighted by Crippen LogP contribution is -2.39. The van der Waals surface area contributed by atoms with Gasteiger partial charge in [0.15, 0.2) is 5.96 Å².